The van der Waals surface area contributed by atoms with Crippen molar-refractivity contribution in [3.05, 3.63) is 29.3 Å². The molecule has 1 fully saturated rings. The van der Waals surface area contributed by atoms with Gasteiger partial charge < -0.3 is 4.74 Å². The smallest absolute Gasteiger partial charge is 0.126 e. The third-order valence-electron chi connectivity index (χ3n) is 4.00. The molecule has 1 saturated carbocycles. The van der Waals surface area contributed by atoms with Crippen LogP contribution < -0.4 is 4.74 Å². The van der Waals surface area contributed by atoms with Crippen LogP contribution in [0.1, 0.15) is 56.1 Å². The average Bonchev–Trinajstić information content (AvgIpc) is 2.70. The lowest BCUT2D eigenvalue weighted by atomic mass is 9.83. The van der Waals surface area contributed by atoms with Gasteiger partial charge in [0, 0.05) is 6.42 Å². The molecule has 2 aliphatic rings. The summed E-state index contributed by atoms with van der Waals surface area (Å²) in [6.07, 6.45) is 8.38. The van der Waals surface area contributed by atoms with Crippen molar-refractivity contribution < 1.29 is 4.74 Å². The Labute approximate surface area is 97.8 Å². The third kappa shape index (κ3) is 1.73. The molecule has 1 heterocycles. The van der Waals surface area contributed by atoms with Crippen LogP contribution >= 0.6 is 0 Å². The Morgan fingerprint density at radius 1 is 1.12 bits per heavy atom. The summed E-state index contributed by atoms with van der Waals surface area (Å²) < 4.78 is 5.99. The second kappa shape index (κ2) is 4.12. The summed E-state index contributed by atoms with van der Waals surface area (Å²) in [5, 5.41) is 0. The first kappa shape index (κ1) is 10.2. The van der Waals surface area contributed by atoms with E-state index in [-0.39, 0.29) is 0 Å². The van der Waals surface area contributed by atoms with E-state index in [0.29, 0.717) is 6.10 Å². The van der Waals surface area contributed by atoms with E-state index in [1.165, 1.54) is 49.0 Å². The molecule has 1 heteroatoms. The molecule has 0 saturated heterocycles. The Bertz CT molecular complexity index is 377. The van der Waals surface area contributed by atoms with Crippen LogP contribution in [0, 0.1) is 0 Å². The van der Waals surface area contributed by atoms with Gasteiger partial charge in [0.25, 0.3) is 0 Å². The Morgan fingerprint density at radius 3 is 2.75 bits per heavy atom. The second-order valence-corrected chi connectivity index (χ2v) is 5.30. The van der Waals surface area contributed by atoms with Crippen molar-refractivity contribution in [2.24, 2.45) is 0 Å². The van der Waals surface area contributed by atoms with Crippen LogP contribution in [-0.2, 0) is 6.42 Å². The minimum absolute atomic E-state index is 0.375. The molecule has 0 amide bonds. The first-order valence-electron chi connectivity index (χ1n) is 6.63. The van der Waals surface area contributed by atoms with Gasteiger partial charge in [-0.15, -0.1) is 0 Å². The van der Waals surface area contributed by atoms with Gasteiger partial charge in [0.15, 0.2) is 0 Å². The van der Waals surface area contributed by atoms with Crippen LogP contribution in [-0.4, -0.2) is 6.10 Å². The first-order valence-corrected chi connectivity index (χ1v) is 6.63. The second-order valence-electron chi connectivity index (χ2n) is 5.30. The quantitative estimate of drug-likeness (QED) is 0.688. The van der Waals surface area contributed by atoms with E-state index in [0.717, 1.165) is 12.3 Å². The topological polar surface area (TPSA) is 9.23 Å². The van der Waals surface area contributed by atoms with E-state index in [1.807, 2.05) is 0 Å². The fourth-order valence-corrected chi connectivity index (χ4v) is 3.20. The van der Waals surface area contributed by atoms with Crippen molar-refractivity contribution in [1.82, 2.24) is 0 Å². The first-order chi connectivity index (χ1) is 7.84. The molecule has 1 aliphatic heterocycles. The fraction of sp³-hybridized carbons (Fsp3) is 0.600. The zero-order chi connectivity index (χ0) is 11.0. The third-order valence-corrected chi connectivity index (χ3v) is 4.00. The number of para-hydroxylation sites is 1. The maximum atomic E-state index is 5.99. The molecule has 1 unspecified atom stereocenters. The van der Waals surface area contributed by atoms with Crippen molar-refractivity contribution in [2.75, 3.05) is 0 Å². The lowest BCUT2D eigenvalue weighted by Gasteiger charge is -2.23. The van der Waals surface area contributed by atoms with Gasteiger partial charge in [0.1, 0.15) is 11.9 Å². The fourth-order valence-electron chi connectivity index (χ4n) is 3.20. The minimum Gasteiger partial charge on any atom is -0.490 e. The zero-order valence-corrected chi connectivity index (χ0v) is 10.0. The molecular weight excluding hydrogens is 196 g/mol. The molecule has 1 atom stereocenters. The minimum atomic E-state index is 0.375. The van der Waals surface area contributed by atoms with E-state index in [1.54, 1.807) is 0 Å². The maximum absolute atomic E-state index is 5.99. The lowest BCUT2D eigenvalue weighted by molar-refractivity contribution is 0.250. The molecular formula is C15H20O. The number of hydrogen-bond donors (Lipinski definition) is 0. The van der Waals surface area contributed by atoms with Crippen LogP contribution in [0.5, 0.6) is 5.75 Å². The molecule has 0 aromatic heterocycles. The molecule has 0 radical (unpaired) electrons. The standard InChI is InChI=1S/C15H20O/c1-11-10-13-8-5-9-14(15(13)16-11)12-6-3-2-4-7-12/h5,8-9,11-12H,2-4,6-7,10H2,1H3. The van der Waals surface area contributed by atoms with Gasteiger partial charge in [-0.3, -0.25) is 0 Å². The van der Waals surface area contributed by atoms with Gasteiger partial charge in [-0.2, -0.15) is 0 Å². The van der Waals surface area contributed by atoms with Gasteiger partial charge in [-0.1, -0.05) is 37.5 Å². The van der Waals surface area contributed by atoms with E-state index in [4.69, 9.17) is 4.74 Å². The number of benzene rings is 1. The summed E-state index contributed by atoms with van der Waals surface area (Å²) in [6, 6.07) is 6.72. The molecule has 1 aromatic rings. The monoisotopic (exact) mass is 216 g/mol. The molecule has 1 aliphatic carbocycles. The maximum Gasteiger partial charge on any atom is 0.126 e. The van der Waals surface area contributed by atoms with Crippen LogP contribution in [0.15, 0.2) is 18.2 Å². The van der Waals surface area contributed by atoms with Gasteiger partial charge in [-0.25, -0.2) is 0 Å². The molecule has 16 heavy (non-hydrogen) atoms. The highest BCUT2D eigenvalue weighted by molar-refractivity contribution is 5.46. The molecule has 3 rings (SSSR count). The Hall–Kier alpha value is -0.980. The predicted molar refractivity (Wildman–Crippen MR) is 66.1 cm³/mol. The molecule has 1 aromatic carbocycles. The number of ether oxygens (including phenoxy) is 1. The van der Waals surface area contributed by atoms with Crippen molar-refractivity contribution >= 4 is 0 Å². The Balaban J connectivity index is 1.92. The molecule has 0 N–H and O–H groups in total. The number of fused-ring (bicyclic) bond motifs is 1. The number of rotatable bonds is 1. The van der Waals surface area contributed by atoms with Gasteiger partial charge in [0.2, 0.25) is 0 Å². The summed E-state index contributed by atoms with van der Waals surface area (Å²) >= 11 is 0. The molecule has 0 spiro atoms. The van der Waals surface area contributed by atoms with Crippen LogP contribution in [0.3, 0.4) is 0 Å². The van der Waals surface area contributed by atoms with Crippen molar-refractivity contribution in [3.8, 4) is 5.75 Å². The average molecular weight is 216 g/mol. The van der Waals surface area contributed by atoms with Crippen molar-refractivity contribution in [1.29, 1.82) is 0 Å². The van der Waals surface area contributed by atoms with E-state index >= 15 is 0 Å². The van der Waals surface area contributed by atoms with E-state index in [2.05, 4.69) is 25.1 Å². The molecule has 1 nitrogen and oxygen atoms in total. The molecule has 0 bridgehead atoms. The van der Waals surface area contributed by atoms with E-state index < -0.39 is 0 Å². The summed E-state index contributed by atoms with van der Waals surface area (Å²) in [5.74, 6) is 1.98. The van der Waals surface area contributed by atoms with Crippen LogP contribution in [0.4, 0.5) is 0 Å². The lowest BCUT2D eigenvalue weighted by Crippen LogP contribution is -2.08. The Kier molecular flexibility index (Phi) is 2.62. The van der Waals surface area contributed by atoms with Crippen molar-refractivity contribution in [3.63, 3.8) is 0 Å². The highest BCUT2D eigenvalue weighted by Gasteiger charge is 2.26. The summed E-state index contributed by atoms with van der Waals surface area (Å²) in [5.41, 5.74) is 2.91. The summed E-state index contributed by atoms with van der Waals surface area (Å²) in [7, 11) is 0. The highest BCUT2D eigenvalue weighted by atomic mass is 16.5. The van der Waals surface area contributed by atoms with Gasteiger partial charge in [0.05, 0.1) is 0 Å². The Morgan fingerprint density at radius 2 is 1.94 bits per heavy atom. The van der Waals surface area contributed by atoms with Crippen LogP contribution in [0.25, 0.3) is 0 Å². The van der Waals surface area contributed by atoms with Crippen molar-refractivity contribution in [2.45, 2.75) is 57.5 Å². The summed E-state index contributed by atoms with van der Waals surface area (Å²) in [4.78, 5) is 0. The molecule has 86 valence electrons. The SMILES string of the molecule is CC1Cc2cccc(C3CCCCC3)c2O1. The summed E-state index contributed by atoms with van der Waals surface area (Å²) in [6.45, 7) is 2.17. The van der Waals surface area contributed by atoms with Crippen LogP contribution in [0.2, 0.25) is 0 Å². The zero-order valence-electron chi connectivity index (χ0n) is 10.0. The largest absolute Gasteiger partial charge is 0.490 e. The van der Waals surface area contributed by atoms with Gasteiger partial charge in [-0.05, 0) is 36.8 Å². The van der Waals surface area contributed by atoms with E-state index in [9.17, 15) is 0 Å². The normalized spacial score (nSPS) is 25.2. The van der Waals surface area contributed by atoms with Gasteiger partial charge >= 0.3 is 0 Å². The number of hydrogen-bond acceptors (Lipinski definition) is 1. The predicted octanol–water partition coefficient (Wildman–Crippen LogP) is 4.06. The highest BCUT2D eigenvalue weighted by Crippen LogP contribution is 2.41.